The predicted molar refractivity (Wildman–Crippen MR) is 62.3 cm³/mol. The van der Waals surface area contributed by atoms with Gasteiger partial charge in [-0.05, 0) is 38.6 Å². The quantitative estimate of drug-likeness (QED) is 0.750. The number of nitrogens with two attached hydrogens (primary N) is 1. The molecular formula is C12H26N2. The molecule has 1 saturated heterocycles. The summed E-state index contributed by atoms with van der Waals surface area (Å²) in [6, 6.07) is 1.15. The van der Waals surface area contributed by atoms with Gasteiger partial charge >= 0.3 is 0 Å². The lowest BCUT2D eigenvalue weighted by molar-refractivity contribution is 0.120. The van der Waals surface area contributed by atoms with Crippen molar-refractivity contribution in [2.24, 2.45) is 11.7 Å². The molecule has 3 unspecified atom stereocenters. The molecule has 0 aromatic heterocycles. The van der Waals surface area contributed by atoms with Gasteiger partial charge in [0.25, 0.3) is 0 Å². The third-order valence-corrected chi connectivity index (χ3v) is 3.64. The van der Waals surface area contributed by atoms with Crippen molar-refractivity contribution in [1.29, 1.82) is 0 Å². The zero-order valence-electron chi connectivity index (χ0n) is 10.00. The van der Waals surface area contributed by atoms with Gasteiger partial charge in [0.05, 0.1) is 0 Å². The van der Waals surface area contributed by atoms with Crippen molar-refractivity contribution in [2.45, 2.75) is 58.5 Å². The lowest BCUT2D eigenvalue weighted by Crippen LogP contribution is -2.44. The molecule has 0 radical (unpaired) electrons. The minimum absolute atomic E-state index is 0.328. The molecule has 2 heteroatoms. The highest BCUT2D eigenvalue weighted by Gasteiger charge is 2.22. The Morgan fingerprint density at radius 2 is 2.07 bits per heavy atom. The summed E-state index contributed by atoms with van der Waals surface area (Å²) in [7, 11) is 0. The first-order chi connectivity index (χ1) is 6.65. The molecule has 0 spiro atoms. The third kappa shape index (κ3) is 3.25. The summed E-state index contributed by atoms with van der Waals surface area (Å²) < 4.78 is 0. The van der Waals surface area contributed by atoms with E-state index in [4.69, 9.17) is 5.73 Å². The average molecular weight is 198 g/mol. The second-order valence-corrected chi connectivity index (χ2v) is 4.89. The molecule has 0 amide bonds. The second kappa shape index (κ2) is 5.72. The number of hydrogen-bond acceptors (Lipinski definition) is 2. The summed E-state index contributed by atoms with van der Waals surface area (Å²) >= 11 is 0. The predicted octanol–water partition coefficient (Wildman–Crippen LogP) is 2.23. The molecule has 0 saturated carbocycles. The van der Waals surface area contributed by atoms with Crippen LogP contribution in [0.25, 0.3) is 0 Å². The molecule has 84 valence electrons. The molecule has 0 aliphatic carbocycles. The van der Waals surface area contributed by atoms with Gasteiger partial charge in [-0.3, -0.25) is 0 Å². The van der Waals surface area contributed by atoms with Crippen molar-refractivity contribution in [1.82, 2.24) is 4.90 Å². The maximum atomic E-state index is 5.91. The smallest absolute Gasteiger partial charge is 0.00927 e. The van der Waals surface area contributed by atoms with Crippen molar-refractivity contribution < 1.29 is 0 Å². The second-order valence-electron chi connectivity index (χ2n) is 4.89. The summed E-state index contributed by atoms with van der Waals surface area (Å²) in [6.07, 6.45) is 5.48. The van der Waals surface area contributed by atoms with E-state index in [1.165, 1.54) is 38.8 Å². The van der Waals surface area contributed by atoms with E-state index in [2.05, 4.69) is 25.7 Å². The lowest BCUT2D eigenvalue weighted by Gasteiger charge is -2.37. The van der Waals surface area contributed by atoms with Gasteiger partial charge in [0, 0.05) is 18.6 Å². The fourth-order valence-electron chi connectivity index (χ4n) is 2.30. The highest BCUT2D eigenvalue weighted by Crippen LogP contribution is 2.20. The summed E-state index contributed by atoms with van der Waals surface area (Å²) in [4.78, 5) is 2.65. The molecule has 0 bridgehead atoms. The fraction of sp³-hybridized carbons (Fsp3) is 1.00. The average Bonchev–Trinajstić information content (AvgIpc) is 2.18. The van der Waals surface area contributed by atoms with Crippen LogP contribution in [0.2, 0.25) is 0 Å². The molecule has 1 fully saturated rings. The maximum Gasteiger partial charge on any atom is 0.00927 e. The molecule has 1 rings (SSSR count). The van der Waals surface area contributed by atoms with Gasteiger partial charge in [-0.2, -0.15) is 0 Å². The summed E-state index contributed by atoms with van der Waals surface area (Å²) in [5, 5.41) is 0. The molecule has 14 heavy (non-hydrogen) atoms. The van der Waals surface area contributed by atoms with Gasteiger partial charge in [0.1, 0.15) is 0 Å². The van der Waals surface area contributed by atoms with Crippen molar-refractivity contribution in [3.8, 4) is 0 Å². The van der Waals surface area contributed by atoms with E-state index in [0.29, 0.717) is 12.0 Å². The molecule has 2 N–H and O–H groups in total. The summed E-state index contributed by atoms with van der Waals surface area (Å²) in [6.45, 7) is 9.17. The van der Waals surface area contributed by atoms with Crippen LogP contribution in [0.5, 0.6) is 0 Å². The Morgan fingerprint density at radius 1 is 1.36 bits per heavy atom. The van der Waals surface area contributed by atoms with Crippen LogP contribution in [-0.4, -0.2) is 30.1 Å². The van der Waals surface area contributed by atoms with E-state index in [1.54, 1.807) is 0 Å². The van der Waals surface area contributed by atoms with Crippen LogP contribution < -0.4 is 5.73 Å². The van der Waals surface area contributed by atoms with Crippen LogP contribution in [-0.2, 0) is 0 Å². The van der Waals surface area contributed by atoms with Crippen LogP contribution in [0.1, 0.15) is 46.5 Å². The van der Waals surface area contributed by atoms with Gasteiger partial charge in [-0.1, -0.05) is 20.3 Å². The zero-order valence-corrected chi connectivity index (χ0v) is 10.00. The van der Waals surface area contributed by atoms with Gasteiger partial charge in [0.2, 0.25) is 0 Å². The normalized spacial score (nSPS) is 28.7. The Kier molecular flexibility index (Phi) is 4.90. The molecule has 0 aromatic rings. The van der Waals surface area contributed by atoms with E-state index in [1.807, 2.05) is 0 Å². The number of nitrogens with zero attached hydrogens (tertiary/aromatic N) is 1. The number of likely N-dealkylation sites (tertiary alicyclic amines) is 1. The Morgan fingerprint density at radius 3 is 2.64 bits per heavy atom. The van der Waals surface area contributed by atoms with Crippen LogP contribution in [0, 0.1) is 5.92 Å². The number of hydrogen-bond donors (Lipinski definition) is 1. The minimum Gasteiger partial charge on any atom is -0.328 e. The van der Waals surface area contributed by atoms with Crippen LogP contribution >= 0.6 is 0 Å². The Hall–Kier alpha value is -0.0800. The van der Waals surface area contributed by atoms with Gasteiger partial charge in [-0.25, -0.2) is 0 Å². The molecule has 2 nitrogen and oxygen atoms in total. The van der Waals surface area contributed by atoms with Crippen LogP contribution in [0.15, 0.2) is 0 Å². The van der Waals surface area contributed by atoms with Crippen molar-refractivity contribution >= 4 is 0 Å². The molecule has 1 aliphatic heterocycles. The van der Waals surface area contributed by atoms with Gasteiger partial charge in [0.15, 0.2) is 0 Å². The lowest BCUT2D eigenvalue weighted by atomic mass is 9.96. The van der Waals surface area contributed by atoms with Crippen molar-refractivity contribution in [2.75, 3.05) is 13.1 Å². The number of rotatable bonds is 4. The SMILES string of the molecule is CCC1CCCCN1CC(C)C(C)N. The third-order valence-electron chi connectivity index (χ3n) is 3.64. The van der Waals surface area contributed by atoms with Crippen LogP contribution in [0.4, 0.5) is 0 Å². The topological polar surface area (TPSA) is 29.3 Å². The fourth-order valence-corrected chi connectivity index (χ4v) is 2.30. The van der Waals surface area contributed by atoms with E-state index >= 15 is 0 Å². The van der Waals surface area contributed by atoms with E-state index in [-0.39, 0.29) is 0 Å². The Bertz CT molecular complexity index is 156. The zero-order chi connectivity index (χ0) is 10.6. The van der Waals surface area contributed by atoms with Gasteiger partial charge in [-0.15, -0.1) is 0 Å². The first kappa shape index (κ1) is 12.0. The standard InChI is InChI=1S/C12H26N2/c1-4-12-7-5-6-8-14(12)9-10(2)11(3)13/h10-12H,4-9,13H2,1-3H3. The van der Waals surface area contributed by atoms with Gasteiger partial charge < -0.3 is 10.6 Å². The Labute approximate surface area is 88.8 Å². The molecule has 3 atom stereocenters. The molecule has 1 heterocycles. The van der Waals surface area contributed by atoms with E-state index < -0.39 is 0 Å². The highest BCUT2D eigenvalue weighted by molar-refractivity contribution is 4.78. The van der Waals surface area contributed by atoms with E-state index in [9.17, 15) is 0 Å². The largest absolute Gasteiger partial charge is 0.328 e. The minimum atomic E-state index is 0.328. The van der Waals surface area contributed by atoms with Crippen LogP contribution in [0.3, 0.4) is 0 Å². The first-order valence-electron chi connectivity index (χ1n) is 6.14. The summed E-state index contributed by atoms with van der Waals surface area (Å²) in [5.41, 5.74) is 5.91. The monoisotopic (exact) mass is 198 g/mol. The van der Waals surface area contributed by atoms with Crippen molar-refractivity contribution in [3.05, 3.63) is 0 Å². The first-order valence-corrected chi connectivity index (χ1v) is 6.14. The Balaban J connectivity index is 2.40. The van der Waals surface area contributed by atoms with E-state index in [0.717, 1.165) is 6.04 Å². The van der Waals surface area contributed by atoms with Crippen molar-refractivity contribution in [3.63, 3.8) is 0 Å². The molecule has 0 aromatic carbocycles. The highest BCUT2D eigenvalue weighted by atomic mass is 15.2. The maximum absolute atomic E-state index is 5.91. The summed E-state index contributed by atoms with van der Waals surface area (Å²) in [5.74, 6) is 0.627. The molecular weight excluding hydrogens is 172 g/mol. The number of piperidine rings is 1. The molecule has 1 aliphatic rings.